The molecule has 1 aromatic rings. The number of pyridine rings is 1. The molecule has 4 N–H and O–H groups in total. The third-order valence-corrected chi connectivity index (χ3v) is 5.36. The lowest BCUT2D eigenvalue weighted by Crippen LogP contribution is -2.35. The first-order valence-corrected chi connectivity index (χ1v) is 8.07. The quantitative estimate of drug-likeness (QED) is 0.774. The molecule has 0 aliphatic heterocycles. The van der Waals surface area contributed by atoms with Crippen LogP contribution >= 0.6 is 11.8 Å². The van der Waals surface area contributed by atoms with Crippen LogP contribution in [0.5, 0.6) is 0 Å². The van der Waals surface area contributed by atoms with Crippen molar-refractivity contribution in [3.63, 3.8) is 0 Å². The zero-order valence-corrected chi connectivity index (χ0v) is 12.5. The van der Waals surface area contributed by atoms with Gasteiger partial charge in [0, 0.05) is 17.5 Å². The Morgan fingerprint density at radius 1 is 1.50 bits per heavy atom. The molecule has 1 heterocycles. The average molecular weight is 295 g/mol. The fourth-order valence-electron chi connectivity index (χ4n) is 2.64. The van der Waals surface area contributed by atoms with Gasteiger partial charge in [-0.25, -0.2) is 9.78 Å². The fraction of sp³-hybridized carbons (Fsp3) is 0.571. The number of carboxylic acid groups (broad SMARTS) is 1. The number of aromatic nitrogens is 1. The maximum absolute atomic E-state index is 10.8. The van der Waals surface area contributed by atoms with Crippen molar-refractivity contribution >= 4 is 29.2 Å². The summed E-state index contributed by atoms with van der Waals surface area (Å²) in [6.07, 6.45) is 9.75. The molecule has 1 saturated carbocycles. The topological polar surface area (TPSA) is 88.2 Å². The Hall–Kier alpha value is -1.43. The van der Waals surface area contributed by atoms with E-state index in [1.54, 1.807) is 0 Å². The summed E-state index contributed by atoms with van der Waals surface area (Å²) >= 11 is 1.90. The Morgan fingerprint density at radius 2 is 2.20 bits per heavy atom. The van der Waals surface area contributed by atoms with Crippen LogP contribution in [0.4, 0.5) is 11.5 Å². The van der Waals surface area contributed by atoms with Crippen LogP contribution in [-0.4, -0.2) is 33.6 Å². The van der Waals surface area contributed by atoms with Crippen molar-refractivity contribution in [1.82, 2.24) is 4.98 Å². The standard InChI is InChI=1S/C14H21N3O2S/c1-20-14(5-3-2-4-6-14)9-17-12-11(15)7-10(8-16-12)13(18)19/h7-8H,2-6,9,15H2,1H3,(H,16,17)(H,18,19). The molecule has 1 aliphatic rings. The minimum absolute atomic E-state index is 0.116. The highest BCUT2D eigenvalue weighted by Gasteiger charge is 2.31. The highest BCUT2D eigenvalue weighted by molar-refractivity contribution is 8.00. The Morgan fingerprint density at radius 3 is 2.75 bits per heavy atom. The number of nitrogen functional groups attached to an aromatic ring is 1. The summed E-state index contributed by atoms with van der Waals surface area (Å²) in [5, 5.41) is 12.2. The van der Waals surface area contributed by atoms with Gasteiger partial charge in [0.25, 0.3) is 0 Å². The molecule has 6 heteroatoms. The summed E-state index contributed by atoms with van der Waals surface area (Å²) in [5.74, 6) is -0.433. The smallest absolute Gasteiger partial charge is 0.337 e. The number of carbonyl (C=O) groups is 1. The van der Waals surface area contributed by atoms with Gasteiger partial charge in [0.2, 0.25) is 0 Å². The van der Waals surface area contributed by atoms with Gasteiger partial charge in [-0.2, -0.15) is 11.8 Å². The lowest BCUT2D eigenvalue weighted by atomic mass is 9.88. The lowest BCUT2D eigenvalue weighted by molar-refractivity contribution is 0.0696. The molecule has 0 radical (unpaired) electrons. The Bertz CT molecular complexity index is 487. The SMILES string of the molecule is CSC1(CNc2ncc(C(=O)O)cc2N)CCCCC1. The van der Waals surface area contributed by atoms with E-state index in [0.717, 1.165) is 6.54 Å². The Kier molecular flexibility index (Phi) is 4.75. The molecule has 5 nitrogen and oxygen atoms in total. The molecule has 110 valence electrons. The summed E-state index contributed by atoms with van der Waals surface area (Å²) in [6, 6.07) is 1.45. The van der Waals surface area contributed by atoms with Crippen molar-refractivity contribution in [2.75, 3.05) is 23.9 Å². The molecule has 0 saturated heterocycles. The van der Waals surface area contributed by atoms with Gasteiger partial charge in [-0.1, -0.05) is 19.3 Å². The van der Waals surface area contributed by atoms with Crippen molar-refractivity contribution in [3.05, 3.63) is 17.8 Å². The molecule has 0 atom stereocenters. The van der Waals surface area contributed by atoms with E-state index in [0.29, 0.717) is 11.5 Å². The average Bonchev–Trinajstić information content (AvgIpc) is 2.47. The number of anilines is 2. The largest absolute Gasteiger partial charge is 0.478 e. The van der Waals surface area contributed by atoms with E-state index in [9.17, 15) is 4.79 Å². The molecule has 1 fully saturated rings. The first kappa shape index (κ1) is 15.0. The number of hydrogen-bond acceptors (Lipinski definition) is 5. The summed E-state index contributed by atoms with van der Waals surface area (Å²) in [5.41, 5.74) is 6.37. The molecular formula is C14H21N3O2S. The normalized spacial score (nSPS) is 17.6. The molecular weight excluding hydrogens is 274 g/mol. The van der Waals surface area contributed by atoms with Gasteiger partial charge in [-0.3, -0.25) is 0 Å². The van der Waals surface area contributed by atoms with E-state index in [2.05, 4.69) is 16.6 Å². The Labute approximate surface area is 123 Å². The molecule has 2 rings (SSSR count). The van der Waals surface area contributed by atoms with Crippen molar-refractivity contribution in [1.29, 1.82) is 0 Å². The first-order valence-electron chi connectivity index (χ1n) is 6.84. The predicted octanol–water partition coefficient (Wildman–Crippen LogP) is 2.84. The number of carboxylic acids is 1. The van der Waals surface area contributed by atoms with Gasteiger partial charge >= 0.3 is 5.97 Å². The predicted molar refractivity (Wildman–Crippen MR) is 83.4 cm³/mol. The fourth-order valence-corrected chi connectivity index (χ4v) is 3.55. The molecule has 0 aromatic carbocycles. The number of nitrogens with one attached hydrogen (secondary N) is 1. The van der Waals surface area contributed by atoms with Gasteiger partial charge in [0.15, 0.2) is 0 Å². The van der Waals surface area contributed by atoms with E-state index in [1.165, 1.54) is 44.4 Å². The van der Waals surface area contributed by atoms with Gasteiger partial charge in [0.1, 0.15) is 5.82 Å². The number of rotatable bonds is 5. The van der Waals surface area contributed by atoms with Gasteiger partial charge < -0.3 is 16.2 Å². The van der Waals surface area contributed by atoms with Crippen LogP contribution in [0.3, 0.4) is 0 Å². The zero-order valence-electron chi connectivity index (χ0n) is 11.7. The molecule has 0 amide bonds. The number of thioether (sulfide) groups is 1. The molecule has 1 aromatic heterocycles. The van der Waals surface area contributed by atoms with Crippen LogP contribution < -0.4 is 11.1 Å². The number of hydrogen-bond donors (Lipinski definition) is 3. The lowest BCUT2D eigenvalue weighted by Gasteiger charge is -2.36. The second-order valence-electron chi connectivity index (χ2n) is 5.27. The third-order valence-electron chi connectivity index (χ3n) is 3.94. The van der Waals surface area contributed by atoms with Crippen LogP contribution in [0, 0.1) is 0 Å². The maximum atomic E-state index is 10.8. The van der Waals surface area contributed by atoms with Gasteiger partial charge in [-0.05, 0) is 25.2 Å². The van der Waals surface area contributed by atoms with E-state index in [-0.39, 0.29) is 10.3 Å². The molecule has 0 spiro atoms. The summed E-state index contributed by atoms with van der Waals surface area (Å²) in [6.45, 7) is 0.817. The van der Waals surface area contributed by atoms with Crippen LogP contribution in [0.2, 0.25) is 0 Å². The minimum atomic E-state index is -1.01. The van der Waals surface area contributed by atoms with Crippen molar-refractivity contribution in [3.8, 4) is 0 Å². The highest BCUT2D eigenvalue weighted by Crippen LogP contribution is 2.38. The molecule has 0 bridgehead atoms. The summed E-state index contributed by atoms with van der Waals surface area (Å²) in [4.78, 5) is 15.0. The minimum Gasteiger partial charge on any atom is -0.478 e. The maximum Gasteiger partial charge on any atom is 0.337 e. The van der Waals surface area contributed by atoms with Crippen molar-refractivity contribution < 1.29 is 9.90 Å². The van der Waals surface area contributed by atoms with Crippen molar-refractivity contribution in [2.24, 2.45) is 0 Å². The summed E-state index contributed by atoms with van der Waals surface area (Å²) in [7, 11) is 0. The van der Waals surface area contributed by atoms with Crippen molar-refractivity contribution in [2.45, 2.75) is 36.9 Å². The van der Waals surface area contributed by atoms with E-state index in [4.69, 9.17) is 10.8 Å². The summed E-state index contributed by atoms with van der Waals surface area (Å²) < 4.78 is 0.248. The second-order valence-corrected chi connectivity index (χ2v) is 6.54. The first-order chi connectivity index (χ1) is 9.56. The third kappa shape index (κ3) is 3.36. The molecule has 1 aliphatic carbocycles. The number of aromatic carboxylic acids is 1. The highest BCUT2D eigenvalue weighted by atomic mass is 32.2. The van der Waals surface area contributed by atoms with Crippen LogP contribution in [0.15, 0.2) is 12.3 Å². The van der Waals surface area contributed by atoms with Crippen LogP contribution in [-0.2, 0) is 0 Å². The monoisotopic (exact) mass is 295 g/mol. The van der Waals surface area contributed by atoms with Crippen LogP contribution in [0.1, 0.15) is 42.5 Å². The number of nitrogens with two attached hydrogens (primary N) is 1. The van der Waals surface area contributed by atoms with Gasteiger partial charge in [0.05, 0.1) is 11.3 Å². The van der Waals surface area contributed by atoms with E-state index >= 15 is 0 Å². The second kappa shape index (κ2) is 6.35. The molecule has 0 unspecified atom stereocenters. The van der Waals surface area contributed by atoms with Crippen LogP contribution in [0.25, 0.3) is 0 Å². The van der Waals surface area contributed by atoms with E-state index < -0.39 is 5.97 Å². The number of nitrogens with zero attached hydrogens (tertiary/aromatic N) is 1. The van der Waals surface area contributed by atoms with Gasteiger partial charge in [-0.15, -0.1) is 0 Å². The molecule has 20 heavy (non-hydrogen) atoms. The Balaban J connectivity index is 2.04. The zero-order chi connectivity index (χ0) is 14.6. The van der Waals surface area contributed by atoms with E-state index in [1.807, 2.05) is 11.8 Å².